The van der Waals surface area contributed by atoms with Crippen LogP contribution in [-0.4, -0.2) is 24.3 Å². The van der Waals surface area contributed by atoms with Gasteiger partial charge >= 0.3 is 5.97 Å². The maximum atomic E-state index is 12.5. The zero-order valence-electron chi connectivity index (χ0n) is 21.7. The highest BCUT2D eigenvalue weighted by molar-refractivity contribution is 5.91. The van der Waals surface area contributed by atoms with E-state index in [0.29, 0.717) is 30.2 Å². The van der Waals surface area contributed by atoms with Crippen LogP contribution in [0.2, 0.25) is 0 Å². The van der Waals surface area contributed by atoms with Gasteiger partial charge in [0.15, 0.2) is 0 Å². The van der Waals surface area contributed by atoms with E-state index < -0.39 is 5.97 Å². The van der Waals surface area contributed by atoms with Crippen LogP contribution >= 0.6 is 0 Å². The lowest BCUT2D eigenvalue weighted by Gasteiger charge is -2.08. The summed E-state index contributed by atoms with van der Waals surface area (Å²) in [6.45, 7) is 5.68. The summed E-state index contributed by atoms with van der Waals surface area (Å²) in [4.78, 5) is 12.5. The van der Waals surface area contributed by atoms with Gasteiger partial charge in [0.05, 0.1) is 24.5 Å². The minimum atomic E-state index is -0.529. The number of ether oxygens (including phenoxy) is 3. The molecule has 0 fully saturated rings. The summed E-state index contributed by atoms with van der Waals surface area (Å²) in [5.41, 5.74) is 1.28. The highest BCUT2D eigenvalue weighted by Gasteiger charge is 2.11. The van der Waals surface area contributed by atoms with Crippen molar-refractivity contribution in [3.63, 3.8) is 0 Å². The predicted octanol–water partition coefficient (Wildman–Crippen LogP) is 8.55. The zero-order chi connectivity index (χ0) is 26.3. The van der Waals surface area contributed by atoms with Gasteiger partial charge < -0.3 is 19.3 Å². The number of esters is 1. The van der Waals surface area contributed by atoms with Crippen molar-refractivity contribution >= 4 is 17.3 Å². The summed E-state index contributed by atoms with van der Waals surface area (Å²) >= 11 is 0. The highest BCUT2D eigenvalue weighted by atomic mass is 16.5. The lowest BCUT2D eigenvalue weighted by Crippen LogP contribution is -2.08. The molecule has 1 N–H and O–H groups in total. The number of carbonyl (C=O) groups excluding carboxylic acids is 1. The summed E-state index contributed by atoms with van der Waals surface area (Å²) in [6.07, 6.45) is 7.90. The maximum absolute atomic E-state index is 12.5. The average molecular weight is 505 g/mol. The van der Waals surface area contributed by atoms with Gasteiger partial charge in [-0.1, -0.05) is 46.0 Å². The Morgan fingerprint density at radius 1 is 0.703 bits per heavy atom. The van der Waals surface area contributed by atoms with Crippen molar-refractivity contribution in [2.24, 2.45) is 10.2 Å². The van der Waals surface area contributed by atoms with Crippen LogP contribution in [-0.2, 0) is 0 Å². The van der Waals surface area contributed by atoms with Gasteiger partial charge in [0.1, 0.15) is 28.7 Å². The number of unbranched alkanes of at least 4 members (excludes halogenated alkanes) is 5. The number of nitrogens with zero attached hydrogens (tertiary/aromatic N) is 2. The number of carbonyl (C=O) groups is 1. The molecule has 3 aromatic carbocycles. The summed E-state index contributed by atoms with van der Waals surface area (Å²) in [6, 6.07) is 18.6. The Hall–Kier alpha value is -3.87. The van der Waals surface area contributed by atoms with E-state index in [4.69, 9.17) is 14.2 Å². The monoisotopic (exact) mass is 504 g/mol. The van der Waals surface area contributed by atoms with Gasteiger partial charge in [-0.3, -0.25) is 0 Å². The van der Waals surface area contributed by atoms with Crippen LogP contribution in [0.5, 0.6) is 23.0 Å². The first-order valence-electron chi connectivity index (χ1n) is 13.0. The van der Waals surface area contributed by atoms with Gasteiger partial charge in [0.2, 0.25) is 0 Å². The summed E-state index contributed by atoms with van der Waals surface area (Å²) in [7, 11) is 0. The smallest absolute Gasteiger partial charge is 0.343 e. The zero-order valence-corrected chi connectivity index (χ0v) is 21.7. The Labute approximate surface area is 219 Å². The van der Waals surface area contributed by atoms with Crippen LogP contribution in [0.1, 0.15) is 69.2 Å². The van der Waals surface area contributed by atoms with Crippen LogP contribution < -0.4 is 14.2 Å². The van der Waals surface area contributed by atoms with Gasteiger partial charge in [-0.2, -0.15) is 5.11 Å². The van der Waals surface area contributed by atoms with E-state index in [1.54, 1.807) is 48.5 Å². The molecule has 3 aromatic rings. The molecule has 0 saturated heterocycles. The minimum Gasteiger partial charge on any atom is -0.505 e. The Kier molecular flexibility index (Phi) is 11.5. The molecule has 0 bridgehead atoms. The van der Waals surface area contributed by atoms with E-state index in [1.807, 2.05) is 12.1 Å². The lowest BCUT2D eigenvalue weighted by atomic mass is 10.2. The van der Waals surface area contributed by atoms with E-state index in [1.165, 1.54) is 25.3 Å². The number of hydrogen-bond acceptors (Lipinski definition) is 7. The number of hydrogen-bond donors (Lipinski definition) is 1. The molecule has 7 heteroatoms. The van der Waals surface area contributed by atoms with Gasteiger partial charge in [-0.05, 0) is 73.5 Å². The molecule has 37 heavy (non-hydrogen) atoms. The third-order valence-corrected chi connectivity index (χ3v) is 5.64. The second kappa shape index (κ2) is 15.3. The van der Waals surface area contributed by atoms with Crippen molar-refractivity contribution in [2.45, 2.75) is 58.8 Å². The molecule has 0 radical (unpaired) electrons. The standard InChI is InChI=1S/C30H36N2O5/c1-3-5-7-9-21-36-26-16-12-24(13-17-26)31-32-28-19-18-27(22-29(28)33)37-30(34)23-10-14-25(15-11-23)35-20-8-6-4-2/h10-19,22,33H,3-9,20-21H2,1-2H3. The molecule has 0 aromatic heterocycles. The largest absolute Gasteiger partial charge is 0.505 e. The molecular formula is C30H36N2O5. The summed E-state index contributed by atoms with van der Waals surface area (Å²) < 4.78 is 16.8. The van der Waals surface area contributed by atoms with Crippen molar-refractivity contribution in [1.82, 2.24) is 0 Å². The Bertz CT molecular complexity index is 1130. The molecule has 0 aliphatic carbocycles. The minimum absolute atomic E-state index is 0.142. The van der Waals surface area contributed by atoms with Crippen molar-refractivity contribution < 1.29 is 24.1 Å². The van der Waals surface area contributed by atoms with Gasteiger partial charge in [0.25, 0.3) is 0 Å². The van der Waals surface area contributed by atoms with Crippen molar-refractivity contribution in [2.75, 3.05) is 13.2 Å². The van der Waals surface area contributed by atoms with Crippen LogP contribution in [0.4, 0.5) is 11.4 Å². The lowest BCUT2D eigenvalue weighted by molar-refractivity contribution is 0.0734. The van der Waals surface area contributed by atoms with Crippen LogP contribution in [0.15, 0.2) is 77.0 Å². The SMILES string of the molecule is CCCCCCOc1ccc(N=Nc2ccc(OC(=O)c3ccc(OCCCCC)cc3)cc2O)cc1. The first-order valence-corrected chi connectivity index (χ1v) is 13.0. The van der Waals surface area contributed by atoms with E-state index in [9.17, 15) is 9.90 Å². The molecule has 0 saturated carbocycles. The third-order valence-electron chi connectivity index (χ3n) is 5.64. The predicted molar refractivity (Wildman–Crippen MR) is 145 cm³/mol. The number of rotatable bonds is 15. The van der Waals surface area contributed by atoms with Crippen LogP contribution in [0, 0.1) is 0 Å². The van der Waals surface area contributed by atoms with E-state index in [0.717, 1.165) is 31.4 Å². The van der Waals surface area contributed by atoms with Crippen molar-refractivity contribution in [1.29, 1.82) is 0 Å². The first kappa shape index (κ1) is 27.7. The van der Waals surface area contributed by atoms with Crippen molar-refractivity contribution in [3.05, 3.63) is 72.3 Å². The van der Waals surface area contributed by atoms with E-state index in [2.05, 4.69) is 24.1 Å². The molecule has 0 atom stereocenters. The maximum Gasteiger partial charge on any atom is 0.343 e. The molecular weight excluding hydrogens is 468 g/mol. The normalized spacial score (nSPS) is 11.0. The molecule has 0 aliphatic heterocycles. The summed E-state index contributed by atoms with van der Waals surface area (Å²) in [5, 5.41) is 18.6. The third kappa shape index (κ3) is 9.60. The number of phenols is 1. The molecule has 0 spiro atoms. The molecule has 0 unspecified atom stereocenters. The van der Waals surface area contributed by atoms with Gasteiger partial charge in [-0.15, -0.1) is 5.11 Å². The fourth-order valence-corrected chi connectivity index (χ4v) is 3.49. The van der Waals surface area contributed by atoms with Crippen LogP contribution in [0.25, 0.3) is 0 Å². The Morgan fingerprint density at radius 3 is 1.89 bits per heavy atom. The van der Waals surface area contributed by atoms with Crippen molar-refractivity contribution in [3.8, 4) is 23.0 Å². The number of phenolic OH excluding ortho intramolecular Hbond substituents is 1. The molecule has 0 amide bonds. The first-order chi connectivity index (χ1) is 18.1. The van der Waals surface area contributed by atoms with E-state index in [-0.39, 0.29) is 17.2 Å². The number of aromatic hydroxyl groups is 1. The summed E-state index contributed by atoms with van der Waals surface area (Å²) in [5.74, 6) is 1.04. The molecule has 0 aliphatic rings. The fourth-order valence-electron chi connectivity index (χ4n) is 3.49. The molecule has 196 valence electrons. The molecule has 3 rings (SSSR count). The van der Waals surface area contributed by atoms with E-state index >= 15 is 0 Å². The Morgan fingerprint density at radius 2 is 1.27 bits per heavy atom. The molecule has 7 nitrogen and oxygen atoms in total. The second-order valence-corrected chi connectivity index (χ2v) is 8.72. The fraction of sp³-hybridized carbons (Fsp3) is 0.367. The molecule has 0 heterocycles. The average Bonchev–Trinajstić information content (AvgIpc) is 2.91. The number of azo groups is 1. The Balaban J connectivity index is 1.50. The quantitative estimate of drug-likeness (QED) is 0.0969. The second-order valence-electron chi connectivity index (χ2n) is 8.72. The topological polar surface area (TPSA) is 89.7 Å². The van der Waals surface area contributed by atoms with Gasteiger partial charge in [-0.25, -0.2) is 4.79 Å². The van der Waals surface area contributed by atoms with Crippen LogP contribution in [0.3, 0.4) is 0 Å². The van der Waals surface area contributed by atoms with Gasteiger partial charge in [0, 0.05) is 6.07 Å². The number of benzene rings is 3. The highest BCUT2D eigenvalue weighted by Crippen LogP contribution is 2.32.